The highest BCUT2D eigenvalue weighted by Crippen LogP contribution is 2.34. The average Bonchev–Trinajstić information content (AvgIpc) is 2.83. The second-order valence-electron chi connectivity index (χ2n) is 4.69. The van der Waals surface area contributed by atoms with Crippen LogP contribution in [0.4, 0.5) is 4.39 Å². The van der Waals surface area contributed by atoms with Gasteiger partial charge < -0.3 is 9.84 Å². The van der Waals surface area contributed by atoms with Crippen molar-refractivity contribution in [3.8, 4) is 0 Å². The summed E-state index contributed by atoms with van der Waals surface area (Å²) in [5, 5.41) is 9.79. The van der Waals surface area contributed by atoms with Crippen LogP contribution < -0.4 is 0 Å². The number of methoxy groups -OCH3 is 1. The van der Waals surface area contributed by atoms with E-state index in [-0.39, 0.29) is 10.7 Å². The largest absolute Gasteiger partial charge is 0.477 e. The summed E-state index contributed by atoms with van der Waals surface area (Å²) in [6.07, 6.45) is 0. The van der Waals surface area contributed by atoms with Crippen molar-refractivity contribution in [3.63, 3.8) is 0 Å². The van der Waals surface area contributed by atoms with E-state index in [2.05, 4.69) is 0 Å². The number of aromatic carboxylic acids is 1. The molecule has 1 aromatic carbocycles. The van der Waals surface area contributed by atoms with Crippen LogP contribution in [0.3, 0.4) is 0 Å². The Morgan fingerprint density at radius 2 is 2.24 bits per heavy atom. The van der Waals surface area contributed by atoms with Crippen LogP contribution in [0.25, 0.3) is 10.1 Å². The Morgan fingerprint density at radius 3 is 2.86 bits per heavy atom. The monoisotopic (exact) mass is 311 g/mol. The molecule has 114 valence electrons. The molecule has 0 atom stereocenters. The van der Waals surface area contributed by atoms with Crippen molar-refractivity contribution < 1.29 is 19.0 Å². The highest BCUT2D eigenvalue weighted by molar-refractivity contribution is 7.21. The maximum absolute atomic E-state index is 14.1. The maximum Gasteiger partial charge on any atom is 0.346 e. The molecule has 0 saturated carbocycles. The lowest BCUT2D eigenvalue weighted by atomic mass is 10.1. The van der Waals surface area contributed by atoms with Gasteiger partial charge >= 0.3 is 5.97 Å². The second kappa shape index (κ2) is 6.98. The number of carboxylic acid groups (broad SMARTS) is 1. The summed E-state index contributed by atoms with van der Waals surface area (Å²) < 4.78 is 19.8. The first-order chi connectivity index (χ1) is 10.1. The van der Waals surface area contributed by atoms with Crippen molar-refractivity contribution >= 4 is 27.4 Å². The SMILES string of the molecule is CCN(CCOC)Cc1c(C(=O)O)sc2cccc(F)c12. The Morgan fingerprint density at radius 1 is 1.48 bits per heavy atom. The number of carbonyl (C=O) groups is 1. The van der Waals surface area contributed by atoms with Crippen molar-refractivity contribution in [2.75, 3.05) is 26.8 Å². The van der Waals surface area contributed by atoms with E-state index in [0.717, 1.165) is 17.9 Å². The van der Waals surface area contributed by atoms with E-state index < -0.39 is 5.97 Å². The van der Waals surface area contributed by atoms with Gasteiger partial charge in [0.15, 0.2) is 0 Å². The molecule has 1 heterocycles. The van der Waals surface area contributed by atoms with Crippen molar-refractivity contribution in [1.29, 1.82) is 0 Å². The minimum atomic E-state index is -1.01. The lowest BCUT2D eigenvalue weighted by molar-refractivity contribution is 0.0699. The third kappa shape index (κ3) is 3.40. The quantitative estimate of drug-likeness (QED) is 0.853. The van der Waals surface area contributed by atoms with Crippen molar-refractivity contribution in [1.82, 2.24) is 4.90 Å². The fourth-order valence-electron chi connectivity index (χ4n) is 2.28. The van der Waals surface area contributed by atoms with Crippen molar-refractivity contribution in [2.45, 2.75) is 13.5 Å². The number of hydrogen-bond acceptors (Lipinski definition) is 4. The molecule has 2 rings (SSSR count). The fourth-order valence-corrected chi connectivity index (χ4v) is 3.35. The predicted octanol–water partition coefficient (Wildman–Crippen LogP) is 3.21. The highest BCUT2D eigenvalue weighted by Gasteiger charge is 2.21. The molecule has 0 saturated heterocycles. The first-order valence-electron chi connectivity index (χ1n) is 6.73. The predicted molar refractivity (Wildman–Crippen MR) is 81.6 cm³/mol. The average molecular weight is 311 g/mol. The summed E-state index contributed by atoms with van der Waals surface area (Å²) in [5.74, 6) is -1.37. The van der Waals surface area contributed by atoms with Gasteiger partial charge in [0.1, 0.15) is 10.7 Å². The number of nitrogens with zero attached hydrogens (tertiary/aromatic N) is 1. The first kappa shape index (κ1) is 15.9. The zero-order valence-corrected chi connectivity index (χ0v) is 12.9. The van der Waals surface area contributed by atoms with E-state index in [1.165, 1.54) is 6.07 Å². The number of halogens is 1. The highest BCUT2D eigenvalue weighted by atomic mass is 32.1. The van der Waals surface area contributed by atoms with Crippen molar-refractivity contribution in [2.24, 2.45) is 0 Å². The van der Waals surface area contributed by atoms with Crippen molar-refractivity contribution in [3.05, 3.63) is 34.5 Å². The molecule has 0 fully saturated rings. The molecule has 4 nitrogen and oxygen atoms in total. The number of thiophene rings is 1. The van der Waals surface area contributed by atoms with Gasteiger partial charge in [-0.15, -0.1) is 11.3 Å². The minimum Gasteiger partial charge on any atom is -0.477 e. The number of fused-ring (bicyclic) bond motifs is 1. The van der Waals surface area contributed by atoms with Crippen LogP contribution in [-0.4, -0.2) is 42.8 Å². The van der Waals surface area contributed by atoms with Crippen LogP contribution in [0.15, 0.2) is 18.2 Å². The summed E-state index contributed by atoms with van der Waals surface area (Å²) in [4.78, 5) is 13.7. The van der Waals surface area contributed by atoms with E-state index >= 15 is 0 Å². The van der Waals surface area contributed by atoms with E-state index in [9.17, 15) is 14.3 Å². The number of carboxylic acids is 1. The standard InChI is InChI=1S/C15H18FNO3S/c1-3-17(7-8-20-2)9-10-13-11(16)5-4-6-12(13)21-14(10)15(18)19/h4-6H,3,7-9H2,1-2H3,(H,18,19). The van der Waals surface area contributed by atoms with Crippen LogP contribution >= 0.6 is 11.3 Å². The third-order valence-corrected chi connectivity index (χ3v) is 4.58. The number of rotatable bonds is 7. The smallest absolute Gasteiger partial charge is 0.346 e. The number of likely N-dealkylation sites (N-methyl/N-ethyl adjacent to an activating group) is 1. The van der Waals surface area contributed by atoms with Crippen LogP contribution in [0.5, 0.6) is 0 Å². The molecule has 0 unspecified atom stereocenters. The lowest BCUT2D eigenvalue weighted by Gasteiger charge is -2.20. The van der Waals surface area contributed by atoms with Gasteiger partial charge in [0, 0.05) is 35.8 Å². The summed E-state index contributed by atoms with van der Waals surface area (Å²) in [6.45, 7) is 4.37. The molecule has 0 aliphatic heterocycles. The first-order valence-corrected chi connectivity index (χ1v) is 7.54. The lowest BCUT2D eigenvalue weighted by Crippen LogP contribution is -2.27. The number of ether oxygens (including phenoxy) is 1. The van der Waals surface area contributed by atoms with E-state index in [1.54, 1.807) is 19.2 Å². The molecule has 1 aromatic heterocycles. The molecule has 21 heavy (non-hydrogen) atoms. The van der Waals surface area contributed by atoms with Crippen LogP contribution in [0.1, 0.15) is 22.2 Å². The van der Waals surface area contributed by atoms with Gasteiger partial charge in [-0.1, -0.05) is 13.0 Å². The minimum absolute atomic E-state index is 0.214. The Balaban J connectivity index is 2.44. The summed E-state index contributed by atoms with van der Waals surface area (Å²) in [7, 11) is 1.62. The van der Waals surface area contributed by atoms with Gasteiger partial charge in [0.2, 0.25) is 0 Å². The van der Waals surface area contributed by atoms with Crippen LogP contribution in [0, 0.1) is 5.82 Å². The van der Waals surface area contributed by atoms with Gasteiger partial charge in [-0.25, -0.2) is 9.18 Å². The maximum atomic E-state index is 14.1. The molecule has 2 aromatic rings. The van der Waals surface area contributed by atoms with Gasteiger partial charge in [-0.05, 0) is 18.7 Å². The van der Waals surface area contributed by atoms with E-state index in [4.69, 9.17) is 4.74 Å². The topological polar surface area (TPSA) is 49.8 Å². The molecule has 0 radical (unpaired) electrons. The molecule has 6 heteroatoms. The third-order valence-electron chi connectivity index (χ3n) is 3.40. The zero-order valence-electron chi connectivity index (χ0n) is 12.1. The molecule has 0 amide bonds. The summed E-state index contributed by atoms with van der Waals surface area (Å²) in [6, 6.07) is 4.73. The molecular weight excluding hydrogens is 293 g/mol. The zero-order chi connectivity index (χ0) is 15.4. The van der Waals surface area contributed by atoms with Gasteiger partial charge in [-0.2, -0.15) is 0 Å². The molecule has 0 bridgehead atoms. The van der Waals surface area contributed by atoms with E-state index in [0.29, 0.717) is 35.3 Å². The Hall–Kier alpha value is -1.50. The fraction of sp³-hybridized carbons (Fsp3) is 0.400. The Kier molecular flexibility index (Phi) is 5.27. The molecule has 0 aliphatic rings. The second-order valence-corrected chi connectivity index (χ2v) is 5.74. The van der Waals surface area contributed by atoms with Crippen LogP contribution in [0.2, 0.25) is 0 Å². The van der Waals surface area contributed by atoms with Gasteiger partial charge in [-0.3, -0.25) is 4.90 Å². The van der Waals surface area contributed by atoms with Crippen LogP contribution in [-0.2, 0) is 11.3 Å². The summed E-state index contributed by atoms with van der Waals surface area (Å²) in [5.41, 5.74) is 0.554. The molecule has 1 N–H and O–H groups in total. The van der Waals surface area contributed by atoms with Gasteiger partial charge in [0.05, 0.1) is 6.61 Å². The van der Waals surface area contributed by atoms with Gasteiger partial charge in [0.25, 0.3) is 0 Å². The normalized spacial score (nSPS) is 11.4. The molecule has 0 spiro atoms. The number of benzene rings is 1. The Bertz CT molecular complexity index is 641. The molecular formula is C15H18FNO3S. The molecule has 0 aliphatic carbocycles. The van der Waals surface area contributed by atoms with E-state index in [1.807, 2.05) is 11.8 Å². The summed E-state index contributed by atoms with van der Waals surface area (Å²) >= 11 is 1.13. The Labute approximate surface area is 126 Å². The number of hydrogen-bond donors (Lipinski definition) is 1.